The highest BCUT2D eigenvalue weighted by Crippen LogP contribution is 2.24. The number of imidazole rings is 1. The third-order valence-corrected chi connectivity index (χ3v) is 6.89. The molecule has 0 amide bonds. The van der Waals surface area contributed by atoms with E-state index in [0.29, 0.717) is 6.04 Å². The number of likely N-dealkylation sites (tertiary alicyclic amines) is 1. The van der Waals surface area contributed by atoms with Crippen molar-refractivity contribution in [3.8, 4) is 5.75 Å². The standard InChI is InChI=1S/C25H29N5OS.2BrH/c1-31-22-8-6-19(7-9-22)10-13-29-14-11-20(12-15-29)27-25-28-23-4-2-3-5-24(23)30(25)16-21-17-32-18-26-21;;/h2-9,17-18,20H,10-16H2,1H3,(H,27,28);2*1H. The molecule has 182 valence electrons. The molecule has 2 aromatic carbocycles. The summed E-state index contributed by atoms with van der Waals surface area (Å²) < 4.78 is 7.52. The van der Waals surface area contributed by atoms with E-state index in [1.165, 1.54) is 5.56 Å². The molecule has 0 aliphatic carbocycles. The van der Waals surface area contributed by atoms with Crippen LogP contribution in [0, 0.1) is 0 Å². The molecule has 0 unspecified atom stereocenters. The number of hydrogen-bond donors (Lipinski definition) is 1. The number of nitrogens with one attached hydrogen (secondary N) is 1. The molecule has 3 heterocycles. The maximum Gasteiger partial charge on any atom is 0.204 e. The largest absolute Gasteiger partial charge is 0.497 e. The third-order valence-electron chi connectivity index (χ3n) is 6.25. The van der Waals surface area contributed by atoms with Crippen molar-refractivity contribution in [2.75, 3.05) is 32.1 Å². The number of fused-ring (bicyclic) bond motifs is 1. The predicted molar refractivity (Wildman–Crippen MR) is 151 cm³/mol. The normalized spacial score (nSPS) is 14.4. The lowest BCUT2D eigenvalue weighted by Crippen LogP contribution is -2.40. The molecule has 1 fully saturated rings. The minimum Gasteiger partial charge on any atom is -0.497 e. The van der Waals surface area contributed by atoms with E-state index in [9.17, 15) is 0 Å². The maximum atomic E-state index is 5.25. The first kappa shape index (κ1) is 26.7. The zero-order valence-corrected chi connectivity index (χ0v) is 23.5. The summed E-state index contributed by atoms with van der Waals surface area (Å²) in [6, 6.07) is 17.2. The van der Waals surface area contributed by atoms with Gasteiger partial charge in [-0.1, -0.05) is 24.3 Å². The molecule has 1 aliphatic heterocycles. The molecule has 0 bridgehead atoms. The number of anilines is 1. The molecule has 5 rings (SSSR count). The summed E-state index contributed by atoms with van der Waals surface area (Å²) >= 11 is 1.64. The fourth-order valence-electron chi connectivity index (χ4n) is 4.39. The number of aromatic nitrogens is 3. The monoisotopic (exact) mass is 607 g/mol. The molecular formula is C25H31Br2N5OS. The third kappa shape index (κ3) is 6.38. The minimum absolute atomic E-state index is 0. The van der Waals surface area contributed by atoms with Gasteiger partial charge in [-0.2, -0.15) is 0 Å². The van der Waals surface area contributed by atoms with Crippen molar-refractivity contribution >= 4 is 62.3 Å². The van der Waals surface area contributed by atoms with Crippen LogP contribution in [0.15, 0.2) is 59.4 Å². The first-order valence-corrected chi connectivity index (χ1v) is 12.2. The Hall–Kier alpha value is -1.94. The van der Waals surface area contributed by atoms with Crippen molar-refractivity contribution in [3.05, 3.63) is 70.7 Å². The number of piperidine rings is 1. The highest BCUT2D eigenvalue weighted by Gasteiger charge is 2.21. The Morgan fingerprint density at radius 3 is 2.53 bits per heavy atom. The average molecular weight is 609 g/mol. The second-order valence-corrected chi connectivity index (χ2v) is 9.07. The molecule has 1 aliphatic rings. The van der Waals surface area contributed by atoms with Gasteiger partial charge in [0.25, 0.3) is 0 Å². The van der Waals surface area contributed by atoms with E-state index in [1.807, 2.05) is 23.7 Å². The fraction of sp³-hybridized carbons (Fsp3) is 0.360. The molecule has 0 saturated carbocycles. The van der Waals surface area contributed by atoms with E-state index in [4.69, 9.17) is 9.72 Å². The first-order valence-electron chi connectivity index (χ1n) is 11.2. The van der Waals surface area contributed by atoms with Gasteiger partial charge in [0, 0.05) is 31.1 Å². The number of nitrogens with zero attached hydrogens (tertiary/aromatic N) is 4. The van der Waals surface area contributed by atoms with E-state index < -0.39 is 0 Å². The molecule has 1 saturated heterocycles. The summed E-state index contributed by atoms with van der Waals surface area (Å²) in [6.45, 7) is 4.06. The number of thiazole rings is 1. The van der Waals surface area contributed by atoms with Crippen molar-refractivity contribution in [3.63, 3.8) is 0 Å². The first-order chi connectivity index (χ1) is 15.8. The van der Waals surface area contributed by atoms with E-state index in [1.54, 1.807) is 18.4 Å². The topological polar surface area (TPSA) is 55.2 Å². The van der Waals surface area contributed by atoms with Crippen LogP contribution in [0.1, 0.15) is 24.1 Å². The van der Waals surface area contributed by atoms with Crippen LogP contribution in [0.5, 0.6) is 5.75 Å². The van der Waals surface area contributed by atoms with Crippen LogP contribution in [-0.4, -0.2) is 52.2 Å². The lowest BCUT2D eigenvalue weighted by Gasteiger charge is -2.32. The van der Waals surface area contributed by atoms with Gasteiger partial charge < -0.3 is 19.5 Å². The van der Waals surface area contributed by atoms with E-state index in [2.05, 4.69) is 55.5 Å². The summed E-state index contributed by atoms with van der Waals surface area (Å²) in [4.78, 5) is 11.9. The van der Waals surface area contributed by atoms with Gasteiger partial charge in [-0.15, -0.1) is 45.3 Å². The minimum atomic E-state index is 0. The fourth-order valence-corrected chi connectivity index (χ4v) is 4.94. The summed E-state index contributed by atoms with van der Waals surface area (Å²) in [7, 11) is 1.71. The van der Waals surface area contributed by atoms with Gasteiger partial charge in [0.1, 0.15) is 5.75 Å². The summed E-state index contributed by atoms with van der Waals surface area (Å²) in [5, 5.41) is 5.86. The Bertz CT molecular complexity index is 1140. The van der Waals surface area contributed by atoms with Gasteiger partial charge in [-0.25, -0.2) is 9.97 Å². The Morgan fingerprint density at radius 2 is 1.82 bits per heavy atom. The highest BCUT2D eigenvalue weighted by atomic mass is 79.9. The van der Waals surface area contributed by atoms with Crippen molar-refractivity contribution in [2.24, 2.45) is 0 Å². The van der Waals surface area contributed by atoms with Crippen molar-refractivity contribution < 1.29 is 4.74 Å². The number of benzene rings is 2. The zero-order chi connectivity index (χ0) is 21.8. The number of ether oxygens (including phenoxy) is 1. The summed E-state index contributed by atoms with van der Waals surface area (Å²) in [5.74, 6) is 1.87. The molecule has 34 heavy (non-hydrogen) atoms. The quantitative estimate of drug-likeness (QED) is 0.273. The molecule has 9 heteroatoms. The number of para-hydroxylation sites is 2. The molecule has 0 radical (unpaired) electrons. The Balaban J connectivity index is 0.00000162. The van der Waals surface area contributed by atoms with Crippen molar-refractivity contribution in [2.45, 2.75) is 31.8 Å². The molecule has 6 nitrogen and oxygen atoms in total. The maximum absolute atomic E-state index is 5.25. The van der Waals surface area contributed by atoms with Crippen molar-refractivity contribution in [1.29, 1.82) is 0 Å². The van der Waals surface area contributed by atoms with E-state index in [0.717, 1.165) is 73.9 Å². The van der Waals surface area contributed by atoms with Crippen molar-refractivity contribution in [1.82, 2.24) is 19.4 Å². The molecule has 0 spiro atoms. The number of hydrogen-bond acceptors (Lipinski definition) is 6. The Morgan fingerprint density at radius 1 is 1.06 bits per heavy atom. The summed E-state index contributed by atoms with van der Waals surface area (Å²) in [6.07, 6.45) is 3.33. The number of methoxy groups -OCH3 is 1. The van der Waals surface area contributed by atoms with E-state index in [-0.39, 0.29) is 34.0 Å². The molecule has 4 aromatic rings. The molecule has 1 N–H and O–H groups in total. The smallest absolute Gasteiger partial charge is 0.204 e. The molecule has 0 atom stereocenters. The zero-order valence-electron chi connectivity index (χ0n) is 19.2. The van der Waals surface area contributed by atoms with Gasteiger partial charge in [0.15, 0.2) is 0 Å². The van der Waals surface area contributed by atoms with Gasteiger partial charge in [0.05, 0.1) is 35.9 Å². The van der Waals surface area contributed by atoms with Crippen LogP contribution in [0.4, 0.5) is 5.95 Å². The second kappa shape index (κ2) is 12.7. The highest BCUT2D eigenvalue weighted by molar-refractivity contribution is 8.93. The van der Waals surface area contributed by atoms with Crippen LogP contribution < -0.4 is 10.1 Å². The van der Waals surface area contributed by atoms with Crippen LogP contribution in [-0.2, 0) is 13.0 Å². The predicted octanol–water partition coefficient (Wildman–Crippen LogP) is 5.82. The van der Waals surface area contributed by atoms with Crippen LogP contribution in [0.25, 0.3) is 11.0 Å². The van der Waals surface area contributed by atoms with Gasteiger partial charge >= 0.3 is 0 Å². The molecular weight excluding hydrogens is 578 g/mol. The van der Waals surface area contributed by atoms with E-state index >= 15 is 0 Å². The van der Waals surface area contributed by atoms with Crippen LogP contribution >= 0.6 is 45.3 Å². The number of rotatable bonds is 8. The Labute approximate surface area is 225 Å². The lowest BCUT2D eigenvalue weighted by molar-refractivity contribution is 0.221. The van der Waals surface area contributed by atoms with Crippen LogP contribution in [0.3, 0.4) is 0 Å². The van der Waals surface area contributed by atoms with Gasteiger partial charge in [-0.05, 0) is 49.1 Å². The Kier molecular flexibility index (Phi) is 9.94. The number of halogens is 2. The average Bonchev–Trinajstić information content (AvgIpc) is 3.47. The SMILES string of the molecule is Br.Br.COc1ccc(CCN2CCC(Nc3nc4ccccc4n3Cc3cscn3)CC2)cc1. The van der Waals surface area contributed by atoms with Gasteiger partial charge in [-0.3, -0.25) is 0 Å². The lowest BCUT2D eigenvalue weighted by atomic mass is 10.0. The molecule has 2 aromatic heterocycles. The summed E-state index contributed by atoms with van der Waals surface area (Å²) in [5.41, 5.74) is 6.52. The van der Waals surface area contributed by atoms with Gasteiger partial charge in [0.2, 0.25) is 5.95 Å². The second-order valence-electron chi connectivity index (χ2n) is 8.35. The van der Waals surface area contributed by atoms with Crippen LogP contribution in [0.2, 0.25) is 0 Å².